The predicted molar refractivity (Wildman–Crippen MR) is 94.4 cm³/mol. The molecule has 144 valence electrons. The van der Waals surface area contributed by atoms with Crippen molar-refractivity contribution in [3.05, 3.63) is 29.8 Å². The van der Waals surface area contributed by atoms with Gasteiger partial charge >= 0.3 is 5.97 Å². The summed E-state index contributed by atoms with van der Waals surface area (Å²) in [6, 6.07) is 4.55. The van der Waals surface area contributed by atoms with Gasteiger partial charge in [0.2, 0.25) is 10.0 Å². The minimum Gasteiger partial charge on any atom is -0.480 e. The Hall–Kier alpha value is -1.97. The van der Waals surface area contributed by atoms with Crippen LogP contribution in [0.4, 0.5) is 0 Å². The number of rotatable bonds is 8. The number of aliphatic carboxylic acids is 1. The summed E-state index contributed by atoms with van der Waals surface area (Å²) in [4.78, 5) is 23.6. The summed E-state index contributed by atoms with van der Waals surface area (Å²) in [7, 11) is -3.63. The maximum absolute atomic E-state index is 12.5. The van der Waals surface area contributed by atoms with Crippen LogP contribution < -0.4 is 5.32 Å². The van der Waals surface area contributed by atoms with Gasteiger partial charge in [0.25, 0.3) is 5.91 Å². The number of carboxylic acids is 1. The predicted octanol–water partition coefficient (Wildman–Crippen LogP) is 1.08. The van der Waals surface area contributed by atoms with Crippen LogP contribution in [-0.4, -0.2) is 62.1 Å². The summed E-state index contributed by atoms with van der Waals surface area (Å²) in [5, 5.41) is 11.7. The Morgan fingerprint density at radius 1 is 1.23 bits per heavy atom. The Morgan fingerprint density at radius 3 is 2.38 bits per heavy atom. The standard InChI is InChI=1S/C17H24N2O6S/c1-2-3-4-15(17(21)22)18-16(20)13-5-7-14(8-6-13)26(23,24)19-9-11-25-12-10-19/h5-8,15H,2-4,9-12H2,1H3,(H,18,20)(H,21,22)/t15-/m0/s1. The van der Waals surface area contributed by atoms with Crippen molar-refractivity contribution in [1.29, 1.82) is 0 Å². The number of ether oxygens (including phenoxy) is 1. The highest BCUT2D eigenvalue weighted by atomic mass is 32.2. The molecule has 8 nitrogen and oxygen atoms in total. The summed E-state index contributed by atoms with van der Waals surface area (Å²) in [5.41, 5.74) is 0.216. The highest BCUT2D eigenvalue weighted by Gasteiger charge is 2.26. The van der Waals surface area contributed by atoms with E-state index in [1.54, 1.807) is 0 Å². The SMILES string of the molecule is CCCC[C@H](NC(=O)c1ccc(S(=O)(=O)N2CCOCC2)cc1)C(=O)O. The fraction of sp³-hybridized carbons (Fsp3) is 0.529. The van der Waals surface area contributed by atoms with Gasteiger partial charge in [-0.1, -0.05) is 19.8 Å². The van der Waals surface area contributed by atoms with Gasteiger partial charge in [0.05, 0.1) is 18.1 Å². The number of nitrogens with one attached hydrogen (secondary N) is 1. The normalized spacial score (nSPS) is 16.8. The first-order valence-electron chi connectivity index (χ1n) is 8.58. The second-order valence-corrected chi connectivity index (χ2v) is 7.99. The zero-order valence-electron chi connectivity index (χ0n) is 14.7. The number of hydrogen-bond donors (Lipinski definition) is 2. The lowest BCUT2D eigenvalue weighted by atomic mass is 10.1. The van der Waals surface area contributed by atoms with E-state index in [1.807, 2.05) is 6.92 Å². The van der Waals surface area contributed by atoms with Gasteiger partial charge in [-0.25, -0.2) is 13.2 Å². The number of carbonyl (C=O) groups is 2. The molecule has 1 amide bonds. The van der Waals surface area contributed by atoms with Crippen molar-refractivity contribution in [3.63, 3.8) is 0 Å². The Balaban J connectivity index is 2.08. The van der Waals surface area contributed by atoms with Crippen LogP contribution in [0.25, 0.3) is 0 Å². The van der Waals surface area contributed by atoms with E-state index in [1.165, 1.54) is 28.6 Å². The molecule has 1 saturated heterocycles. The molecule has 26 heavy (non-hydrogen) atoms. The number of morpholine rings is 1. The summed E-state index contributed by atoms with van der Waals surface area (Å²) < 4.78 is 31.6. The number of nitrogens with zero attached hydrogens (tertiary/aromatic N) is 1. The first-order valence-corrected chi connectivity index (χ1v) is 10.0. The second kappa shape index (κ2) is 9.11. The number of carboxylic acid groups (broad SMARTS) is 1. The smallest absolute Gasteiger partial charge is 0.326 e. The average molecular weight is 384 g/mol. The summed E-state index contributed by atoms with van der Waals surface area (Å²) in [5.74, 6) is -1.62. The van der Waals surface area contributed by atoms with Crippen LogP contribution in [0, 0.1) is 0 Å². The molecule has 2 rings (SSSR count). The molecule has 2 N–H and O–H groups in total. The van der Waals surface area contributed by atoms with Crippen LogP contribution in [-0.2, 0) is 19.6 Å². The molecule has 1 aliphatic heterocycles. The van der Waals surface area contributed by atoms with E-state index < -0.39 is 27.9 Å². The fourth-order valence-corrected chi connectivity index (χ4v) is 4.03. The zero-order valence-corrected chi connectivity index (χ0v) is 15.5. The molecule has 0 spiro atoms. The summed E-state index contributed by atoms with van der Waals surface area (Å²) in [6.07, 6.45) is 1.86. The topological polar surface area (TPSA) is 113 Å². The number of sulfonamides is 1. The summed E-state index contributed by atoms with van der Waals surface area (Å²) in [6.45, 7) is 3.24. The first-order chi connectivity index (χ1) is 12.4. The zero-order chi connectivity index (χ0) is 19.2. The van der Waals surface area contributed by atoms with Crippen LogP contribution in [0.15, 0.2) is 29.2 Å². The van der Waals surface area contributed by atoms with E-state index in [2.05, 4.69) is 5.32 Å². The molecule has 1 aromatic carbocycles. The number of benzene rings is 1. The quantitative estimate of drug-likeness (QED) is 0.693. The van der Waals surface area contributed by atoms with Gasteiger partial charge in [0, 0.05) is 18.7 Å². The lowest BCUT2D eigenvalue weighted by Gasteiger charge is -2.26. The van der Waals surface area contributed by atoms with Crippen molar-refractivity contribution in [2.75, 3.05) is 26.3 Å². The van der Waals surface area contributed by atoms with Gasteiger partial charge in [-0.15, -0.1) is 0 Å². The van der Waals surface area contributed by atoms with Crippen molar-refractivity contribution >= 4 is 21.9 Å². The lowest BCUT2D eigenvalue weighted by Crippen LogP contribution is -2.41. The van der Waals surface area contributed by atoms with Crippen molar-refractivity contribution in [3.8, 4) is 0 Å². The third-order valence-electron chi connectivity index (χ3n) is 4.17. The van der Waals surface area contributed by atoms with Crippen molar-refractivity contribution in [2.24, 2.45) is 0 Å². The molecule has 9 heteroatoms. The molecular weight excluding hydrogens is 360 g/mol. The van der Waals surface area contributed by atoms with Crippen molar-refractivity contribution < 1.29 is 27.9 Å². The molecule has 1 fully saturated rings. The van der Waals surface area contributed by atoms with E-state index in [0.29, 0.717) is 39.1 Å². The molecule has 0 aromatic heterocycles. The Morgan fingerprint density at radius 2 is 1.85 bits per heavy atom. The largest absolute Gasteiger partial charge is 0.480 e. The maximum Gasteiger partial charge on any atom is 0.326 e. The third-order valence-corrected chi connectivity index (χ3v) is 6.09. The molecule has 1 atom stereocenters. The van der Waals surface area contributed by atoms with Crippen LogP contribution in [0.5, 0.6) is 0 Å². The molecule has 0 radical (unpaired) electrons. The lowest BCUT2D eigenvalue weighted by molar-refractivity contribution is -0.139. The average Bonchev–Trinajstić information content (AvgIpc) is 2.65. The van der Waals surface area contributed by atoms with Gasteiger partial charge in [-0.3, -0.25) is 4.79 Å². The number of hydrogen-bond acceptors (Lipinski definition) is 5. The van der Waals surface area contributed by atoms with Gasteiger partial charge in [0.15, 0.2) is 0 Å². The highest BCUT2D eigenvalue weighted by Crippen LogP contribution is 2.18. The number of amides is 1. The van der Waals surface area contributed by atoms with Gasteiger partial charge < -0.3 is 15.2 Å². The molecule has 0 unspecified atom stereocenters. The monoisotopic (exact) mass is 384 g/mol. The van der Waals surface area contributed by atoms with E-state index in [9.17, 15) is 23.1 Å². The Bertz CT molecular complexity index is 726. The van der Waals surface area contributed by atoms with Crippen LogP contribution in [0.2, 0.25) is 0 Å². The molecule has 0 aliphatic carbocycles. The maximum atomic E-state index is 12.5. The molecule has 1 heterocycles. The van der Waals surface area contributed by atoms with Crippen LogP contribution in [0.3, 0.4) is 0 Å². The molecule has 1 aliphatic rings. The fourth-order valence-electron chi connectivity index (χ4n) is 2.62. The second-order valence-electron chi connectivity index (χ2n) is 6.05. The highest BCUT2D eigenvalue weighted by molar-refractivity contribution is 7.89. The molecule has 0 bridgehead atoms. The van der Waals surface area contributed by atoms with Gasteiger partial charge in [-0.05, 0) is 30.7 Å². The third kappa shape index (κ3) is 5.03. The van der Waals surface area contributed by atoms with E-state index in [0.717, 1.165) is 6.42 Å². The van der Waals surface area contributed by atoms with Gasteiger partial charge in [0.1, 0.15) is 6.04 Å². The van der Waals surface area contributed by atoms with Gasteiger partial charge in [-0.2, -0.15) is 4.31 Å². The molecule has 0 saturated carbocycles. The van der Waals surface area contributed by atoms with Crippen LogP contribution in [0.1, 0.15) is 36.5 Å². The van der Waals surface area contributed by atoms with Crippen LogP contribution >= 0.6 is 0 Å². The molecule has 1 aromatic rings. The van der Waals surface area contributed by atoms with E-state index in [-0.39, 0.29) is 10.5 Å². The summed E-state index contributed by atoms with van der Waals surface area (Å²) >= 11 is 0. The minimum atomic E-state index is -3.63. The van der Waals surface area contributed by atoms with E-state index in [4.69, 9.17) is 4.74 Å². The number of unbranched alkanes of at least 4 members (excludes halogenated alkanes) is 1. The number of carbonyl (C=O) groups excluding carboxylic acids is 1. The Labute approximate surface area is 153 Å². The van der Waals surface area contributed by atoms with Crippen molar-refractivity contribution in [1.82, 2.24) is 9.62 Å². The first kappa shape index (κ1) is 20.3. The minimum absolute atomic E-state index is 0.0942. The van der Waals surface area contributed by atoms with Crippen molar-refractivity contribution in [2.45, 2.75) is 37.1 Å². The van der Waals surface area contributed by atoms with E-state index >= 15 is 0 Å². The molecular formula is C17H24N2O6S. The Kier molecular flexibility index (Phi) is 7.13.